The predicted octanol–water partition coefficient (Wildman–Crippen LogP) is 3.62. The lowest BCUT2D eigenvalue weighted by atomic mass is 10.1. The Morgan fingerprint density at radius 3 is 2.19 bits per heavy atom. The van der Waals surface area contributed by atoms with Gasteiger partial charge < -0.3 is 10.5 Å². The van der Waals surface area contributed by atoms with E-state index < -0.39 is 28.6 Å². The van der Waals surface area contributed by atoms with Gasteiger partial charge in [0.2, 0.25) is 0 Å². The summed E-state index contributed by atoms with van der Waals surface area (Å²) in [6.45, 7) is -0.220. The van der Waals surface area contributed by atoms with Gasteiger partial charge in [-0.2, -0.15) is 13.2 Å². The third kappa shape index (κ3) is 3.20. The minimum Gasteiger partial charge on any atom is -0.490 e. The zero-order valence-electron chi connectivity index (χ0n) is 13.1. The van der Waals surface area contributed by atoms with Crippen LogP contribution in [0.2, 0.25) is 5.02 Å². The molecule has 2 N–H and O–H groups in total. The molecule has 2 aromatic rings. The molecule has 5 nitrogen and oxygen atoms in total. The molecule has 26 heavy (non-hydrogen) atoms. The summed E-state index contributed by atoms with van der Waals surface area (Å²) in [4.78, 5) is 25.4. The van der Waals surface area contributed by atoms with Crippen LogP contribution in [0.5, 0.6) is 5.75 Å². The van der Waals surface area contributed by atoms with Gasteiger partial charge in [0, 0.05) is 6.07 Å². The van der Waals surface area contributed by atoms with Crippen molar-refractivity contribution in [2.75, 3.05) is 18.9 Å². The lowest BCUT2D eigenvalue weighted by Crippen LogP contribution is -2.33. The number of nitrogen functional groups attached to an aromatic ring is 1. The number of amides is 2. The van der Waals surface area contributed by atoms with Crippen LogP contribution in [0.1, 0.15) is 26.3 Å². The van der Waals surface area contributed by atoms with Gasteiger partial charge in [-0.05, 0) is 18.2 Å². The van der Waals surface area contributed by atoms with E-state index in [4.69, 9.17) is 22.1 Å². The third-order valence-electron chi connectivity index (χ3n) is 3.86. The quantitative estimate of drug-likeness (QED) is 0.645. The molecule has 1 aliphatic rings. The molecule has 0 aliphatic carbocycles. The van der Waals surface area contributed by atoms with Crippen LogP contribution in [-0.4, -0.2) is 29.9 Å². The summed E-state index contributed by atoms with van der Waals surface area (Å²) in [6.07, 6.45) is -4.64. The van der Waals surface area contributed by atoms with Gasteiger partial charge in [0.15, 0.2) is 0 Å². The van der Waals surface area contributed by atoms with Gasteiger partial charge in [0.25, 0.3) is 11.8 Å². The van der Waals surface area contributed by atoms with E-state index in [9.17, 15) is 22.8 Å². The predicted molar refractivity (Wildman–Crippen MR) is 88.2 cm³/mol. The number of nitrogens with two attached hydrogens (primary N) is 1. The van der Waals surface area contributed by atoms with E-state index in [0.29, 0.717) is 17.2 Å². The molecule has 2 aromatic carbocycles. The van der Waals surface area contributed by atoms with Crippen LogP contribution < -0.4 is 10.5 Å². The monoisotopic (exact) mass is 384 g/mol. The normalized spacial score (nSPS) is 13.9. The summed E-state index contributed by atoms with van der Waals surface area (Å²) in [7, 11) is 0. The molecule has 0 atom stereocenters. The zero-order chi connectivity index (χ0) is 19.1. The van der Waals surface area contributed by atoms with E-state index in [-0.39, 0.29) is 24.6 Å². The Balaban J connectivity index is 1.69. The first-order valence-corrected chi connectivity index (χ1v) is 7.82. The number of halogens is 4. The lowest BCUT2D eigenvalue weighted by Gasteiger charge is -2.16. The summed E-state index contributed by atoms with van der Waals surface area (Å²) in [5.41, 5.74) is 4.86. The highest BCUT2D eigenvalue weighted by Gasteiger charge is 2.35. The SMILES string of the molecule is Nc1cc(C(F)(F)F)c(Cl)cc1OCCN1C(=O)c2ccccc2C1=O. The van der Waals surface area contributed by atoms with Crippen molar-refractivity contribution in [2.24, 2.45) is 0 Å². The van der Waals surface area contributed by atoms with Crippen molar-refractivity contribution in [3.8, 4) is 5.75 Å². The second-order valence-electron chi connectivity index (χ2n) is 5.52. The number of rotatable bonds is 4. The molecule has 0 radical (unpaired) electrons. The van der Waals surface area contributed by atoms with Gasteiger partial charge >= 0.3 is 6.18 Å². The first kappa shape index (κ1) is 18.1. The number of imide groups is 1. The Labute approximate surface area is 151 Å². The minimum atomic E-state index is -4.64. The maximum atomic E-state index is 12.8. The molecule has 0 unspecified atom stereocenters. The first-order valence-electron chi connectivity index (χ1n) is 7.44. The van der Waals surface area contributed by atoms with E-state index >= 15 is 0 Å². The summed E-state index contributed by atoms with van der Waals surface area (Å²) >= 11 is 5.63. The molecule has 0 saturated heterocycles. The van der Waals surface area contributed by atoms with E-state index in [1.54, 1.807) is 24.3 Å². The summed E-state index contributed by atoms with van der Waals surface area (Å²) in [6, 6.07) is 8.03. The topological polar surface area (TPSA) is 72.6 Å². The molecule has 1 aliphatic heterocycles. The zero-order valence-corrected chi connectivity index (χ0v) is 13.9. The van der Waals surface area contributed by atoms with Crippen LogP contribution in [-0.2, 0) is 6.18 Å². The molecule has 1 heterocycles. The molecular formula is C17H12ClF3N2O3. The highest BCUT2D eigenvalue weighted by atomic mass is 35.5. The number of anilines is 1. The van der Waals surface area contributed by atoms with Crippen LogP contribution in [0.3, 0.4) is 0 Å². The Morgan fingerprint density at radius 1 is 1.08 bits per heavy atom. The van der Waals surface area contributed by atoms with Gasteiger partial charge in [-0.3, -0.25) is 14.5 Å². The number of benzene rings is 2. The van der Waals surface area contributed by atoms with Crippen LogP contribution in [0.4, 0.5) is 18.9 Å². The highest BCUT2D eigenvalue weighted by molar-refractivity contribution is 6.31. The fourth-order valence-electron chi connectivity index (χ4n) is 2.60. The first-order chi connectivity index (χ1) is 12.2. The van der Waals surface area contributed by atoms with Crippen molar-refractivity contribution in [1.82, 2.24) is 4.90 Å². The maximum absolute atomic E-state index is 12.8. The van der Waals surface area contributed by atoms with E-state index in [1.807, 2.05) is 0 Å². The summed E-state index contributed by atoms with van der Waals surface area (Å²) in [5.74, 6) is -0.958. The highest BCUT2D eigenvalue weighted by Crippen LogP contribution is 2.39. The molecule has 0 fully saturated rings. The van der Waals surface area contributed by atoms with Crippen molar-refractivity contribution in [3.05, 3.63) is 58.1 Å². The van der Waals surface area contributed by atoms with Crippen molar-refractivity contribution in [1.29, 1.82) is 0 Å². The van der Waals surface area contributed by atoms with E-state index in [1.165, 1.54) is 0 Å². The number of hydrogen-bond acceptors (Lipinski definition) is 4. The van der Waals surface area contributed by atoms with Crippen molar-refractivity contribution in [2.45, 2.75) is 6.18 Å². The van der Waals surface area contributed by atoms with Crippen LogP contribution >= 0.6 is 11.6 Å². The second kappa shape index (κ2) is 6.53. The number of hydrogen-bond donors (Lipinski definition) is 1. The Bertz CT molecular complexity index is 864. The summed E-state index contributed by atoms with van der Waals surface area (Å²) < 4.78 is 43.6. The fraction of sp³-hybridized carbons (Fsp3) is 0.176. The smallest absolute Gasteiger partial charge is 0.417 e. The molecule has 9 heteroatoms. The third-order valence-corrected chi connectivity index (χ3v) is 4.17. The Kier molecular flexibility index (Phi) is 4.53. The average molecular weight is 385 g/mol. The molecule has 2 amide bonds. The van der Waals surface area contributed by atoms with Gasteiger partial charge in [0.1, 0.15) is 12.4 Å². The van der Waals surface area contributed by atoms with E-state index in [0.717, 1.165) is 11.0 Å². The lowest BCUT2D eigenvalue weighted by molar-refractivity contribution is -0.137. The van der Waals surface area contributed by atoms with Gasteiger partial charge in [-0.15, -0.1) is 0 Å². The Morgan fingerprint density at radius 2 is 1.65 bits per heavy atom. The molecule has 0 aromatic heterocycles. The van der Waals surface area contributed by atoms with Crippen LogP contribution in [0.25, 0.3) is 0 Å². The van der Waals surface area contributed by atoms with Crippen LogP contribution in [0.15, 0.2) is 36.4 Å². The number of carbonyl (C=O) groups excluding carboxylic acids is 2. The standard InChI is InChI=1S/C17H12ClF3N2O3/c18-12-8-14(13(22)7-11(12)17(19,20)21)26-6-5-23-15(24)9-3-1-2-4-10(9)16(23)25/h1-4,7-8H,5-6,22H2. The van der Waals surface area contributed by atoms with Crippen molar-refractivity contribution in [3.63, 3.8) is 0 Å². The maximum Gasteiger partial charge on any atom is 0.417 e. The second-order valence-corrected chi connectivity index (χ2v) is 5.93. The number of carbonyl (C=O) groups is 2. The number of nitrogens with zero attached hydrogens (tertiary/aromatic N) is 1. The van der Waals surface area contributed by atoms with Crippen LogP contribution in [0, 0.1) is 0 Å². The largest absolute Gasteiger partial charge is 0.490 e. The molecule has 136 valence electrons. The molecule has 0 bridgehead atoms. The molecule has 0 saturated carbocycles. The molecule has 3 rings (SSSR count). The molecule has 0 spiro atoms. The van der Waals surface area contributed by atoms with Gasteiger partial charge in [0.05, 0.1) is 33.9 Å². The average Bonchev–Trinajstić information content (AvgIpc) is 2.82. The summed E-state index contributed by atoms with van der Waals surface area (Å²) in [5, 5.41) is -0.553. The van der Waals surface area contributed by atoms with E-state index in [2.05, 4.69) is 0 Å². The number of alkyl halides is 3. The number of ether oxygens (including phenoxy) is 1. The van der Waals surface area contributed by atoms with Crippen molar-refractivity contribution < 1.29 is 27.5 Å². The number of fused-ring (bicyclic) bond motifs is 1. The minimum absolute atomic E-state index is 0.0559. The molecular weight excluding hydrogens is 373 g/mol. The fourth-order valence-corrected chi connectivity index (χ4v) is 2.86. The van der Waals surface area contributed by atoms with Gasteiger partial charge in [-0.1, -0.05) is 23.7 Å². The Hall–Kier alpha value is -2.74. The van der Waals surface area contributed by atoms with Crippen molar-refractivity contribution >= 4 is 29.1 Å². The van der Waals surface area contributed by atoms with Gasteiger partial charge in [-0.25, -0.2) is 0 Å².